The monoisotopic (exact) mass is 284 g/mol. The standard InChI is InChI=1S/C16H16N2O3/c1-9-4-6-12(16(20)21)8-14(9)18-15(19)13-7-5-10(2)17-11(13)3/h4-8H,1-3H3,(H,18,19)(H,20,21). The van der Waals surface area contributed by atoms with Crippen molar-refractivity contribution in [1.82, 2.24) is 4.98 Å². The lowest BCUT2D eigenvalue weighted by Crippen LogP contribution is -2.15. The van der Waals surface area contributed by atoms with Crippen LogP contribution in [0.2, 0.25) is 0 Å². The van der Waals surface area contributed by atoms with Crippen LogP contribution >= 0.6 is 0 Å². The van der Waals surface area contributed by atoms with Gasteiger partial charge in [-0.25, -0.2) is 4.79 Å². The number of nitrogens with zero attached hydrogens (tertiary/aromatic N) is 1. The van der Waals surface area contributed by atoms with Gasteiger partial charge >= 0.3 is 5.97 Å². The molecule has 1 aromatic carbocycles. The van der Waals surface area contributed by atoms with Gasteiger partial charge in [0.2, 0.25) is 0 Å². The van der Waals surface area contributed by atoms with E-state index >= 15 is 0 Å². The maximum atomic E-state index is 12.3. The van der Waals surface area contributed by atoms with E-state index in [0.717, 1.165) is 11.3 Å². The molecule has 5 nitrogen and oxygen atoms in total. The van der Waals surface area contributed by atoms with Gasteiger partial charge in [0.1, 0.15) is 0 Å². The zero-order valence-corrected chi connectivity index (χ0v) is 12.1. The first-order chi connectivity index (χ1) is 9.88. The third-order valence-corrected chi connectivity index (χ3v) is 3.20. The molecular weight excluding hydrogens is 268 g/mol. The van der Waals surface area contributed by atoms with Gasteiger partial charge in [-0.3, -0.25) is 9.78 Å². The number of nitrogens with one attached hydrogen (secondary N) is 1. The molecule has 108 valence electrons. The average Bonchev–Trinajstić information content (AvgIpc) is 2.40. The van der Waals surface area contributed by atoms with Crippen molar-refractivity contribution in [2.75, 3.05) is 5.32 Å². The van der Waals surface area contributed by atoms with E-state index in [1.807, 2.05) is 13.8 Å². The highest BCUT2D eigenvalue weighted by Crippen LogP contribution is 2.18. The van der Waals surface area contributed by atoms with Crippen LogP contribution in [0.1, 0.15) is 37.7 Å². The number of carboxylic acids is 1. The summed E-state index contributed by atoms with van der Waals surface area (Å²) in [5.41, 5.74) is 3.37. The number of anilines is 1. The highest BCUT2D eigenvalue weighted by molar-refractivity contribution is 6.05. The fourth-order valence-corrected chi connectivity index (χ4v) is 2.01. The van der Waals surface area contributed by atoms with Crippen LogP contribution in [-0.4, -0.2) is 22.0 Å². The normalized spacial score (nSPS) is 10.2. The Hall–Kier alpha value is -2.69. The highest BCUT2D eigenvalue weighted by Gasteiger charge is 2.13. The summed E-state index contributed by atoms with van der Waals surface area (Å²) >= 11 is 0. The van der Waals surface area contributed by atoms with Crippen molar-refractivity contribution >= 4 is 17.6 Å². The van der Waals surface area contributed by atoms with E-state index in [0.29, 0.717) is 16.9 Å². The topological polar surface area (TPSA) is 79.3 Å². The molecule has 5 heteroatoms. The minimum Gasteiger partial charge on any atom is -0.478 e. The largest absolute Gasteiger partial charge is 0.478 e. The summed E-state index contributed by atoms with van der Waals surface area (Å²) < 4.78 is 0. The van der Waals surface area contributed by atoms with Gasteiger partial charge in [-0.05, 0) is 50.6 Å². The molecule has 0 atom stereocenters. The number of aromatic nitrogens is 1. The Bertz CT molecular complexity index is 723. The average molecular weight is 284 g/mol. The van der Waals surface area contributed by atoms with Crippen molar-refractivity contribution in [2.24, 2.45) is 0 Å². The second-order valence-corrected chi connectivity index (χ2v) is 4.87. The zero-order valence-electron chi connectivity index (χ0n) is 12.1. The molecule has 1 heterocycles. The molecule has 0 aliphatic carbocycles. The van der Waals surface area contributed by atoms with Crippen LogP contribution in [0.4, 0.5) is 5.69 Å². The second kappa shape index (κ2) is 5.75. The first-order valence-corrected chi connectivity index (χ1v) is 6.48. The third-order valence-electron chi connectivity index (χ3n) is 3.20. The molecule has 2 N–H and O–H groups in total. The molecule has 21 heavy (non-hydrogen) atoms. The van der Waals surface area contributed by atoms with Gasteiger partial charge in [-0.2, -0.15) is 0 Å². The van der Waals surface area contributed by atoms with E-state index in [4.69, 9.17) is 5.11 Å². The molecule has 2 aromatic rings. The van der Waals surface area contributed by atoms with E-state index in [1.54, 1.807) is 25.1 Å². The molecule has 2 rings (SSSR count). The Morgan fingerprint density at radius 3 is 2.43 bits per heavy atom. The summed E-state index contributed by atoms with van der Waals surface area (Å²) in [6.07, 6.45) is 0. The van der Waals surface area contributed by atoms with Gasteiger partial charge in [0.25, 0.3) is 5.91 Å². The van der Waals surface area contributed by atoms with Crippen molar-refractivity contribution in [3.05, 3.63) is 58.4 Å². The predicted octanol–water partition coefficient (Wildman–Crippen LogP) is 2.96. The zero-order chi connectivity index (χ0) is 15.6. The van der Waals surface area contributed by atoms with Crippen LogP contribution < -0.4 is 5.32 Å². The summed E-state index contributed by atoms with van der Waals surface area (Å²) in [4.78, 5) is 27.5. The molecule has 0 radical (unpaired) electrons. The quantitative estimate of drug-likeness (QED) is 0.908. The third kappa shape index (κ3) is 3.25. The molecule has 0 spiro atoms. The molecule has 0 unspecified atom stereocenters. The van der Waals surface area contributed by atoms with E-state index in [2.05, 4.69) is 10.3 Å². The second-order valence-electron chi connectivity index (χ2n) is 4.87. The number of pyridine rings is 1. The summed E-state index contributed by atoms with van der Waals surface area (Å²) in [7, 11) is 0. The maximum Gasteiger partial charge on any atom is 0.335 e. The smallest absolute Gasteiger partial charge is 0.335 e. The number of aromatic carboxylic acids is 1. The summed E-state index contributed by atoms with van der Waals surface area (Å²) in [5, 5.41) is 11.7. The van der Waals surface area contributed by atoms with E-state index < -0.39 is 5.97 Å². The fourth-order valence-electron chi connectivity index (χ4n) is 2.01. The lowest BCUT2D eigenvalue weighted by atomic mass is 10.1. The van der Waals surface area contributed by atoms with Crippen LogP contribution in [0.5, 0.6) is 0 Å². The van der Waals surface area contributed by atoms with Crippen molar-refractivity contribution < 1.29 is 14.7 Å². The molecule has 0 bridgehead atoms. The van der Waals surface area contributed by atoms with Crippen molar-refractivity contribution in [3.63, 3.8) is 0 Å². The summed E-state index contributed by atoms with van der Waals surface area (Å²) in [6.45, 7) is 5.43. The number of aryl methyl sites for hydroxylation is 3. The fraction of sp³-hybridized carbons (Fsp3) is 0.188. The predicted molar refractivity (Wildman–Crippen MR) is 79.8 cm³/mol. The lowest BCUT2D eigenvalue weighted by molar-refractivity contribution is 0.0696. The van der Waals surface area contributed by atoms with Gasteiger partial charge in [-0.1, -0.05) is 6.07 Å². The van der Waals surface area contributed by atoms with E-state index in [1.165, 1.54) is 12.1 Å². The molecule has 0 aliphatic heterocycles. The number of hydrogen-bond donors (Lipinski definition) is 2. The molecule has 0 fully saturated rings. The summed E-state index contributed by atoms with van der Waals surface area (Å²) in [6, 6.07) is 8.10. The SMILES string of the molecule is Cc1ccc(C(=O)Nc2cc(C(=O)O)ccc2C)c(C)n1. The number of hydrogen-bond acceptors (Lipinski definition) is 3. The van der Waals surface area contributed by atoms with Crippen LogP contribution in [0.25, 0.3) is 0 Å². The van der Waals surface area contributed by atoms with Crippen molar-refractivity contribution in [1.29, 1.82) is 0 Å². The van der Waals surface area contributed by atoms with Crippen molar-refractivity contribution in [2.45, 2.75) is 20.8 Å². The first kappa shape index (κ1) is 14.7. The maximum absolute atomic E-state index is 12.3. The Balaban J connectivity index is 2.31. The Labute approximate surface area is 122 Å². The van der Waals surface area contributed by atoms with Crippen LogP contribution in [0.3, 0.4) is 0 Å². The number of carbonyl (C=O) groups excluding carboxylic acids is 1. The Morgan fingerprint density at radius 2 is 1.81 bits per heavy atom. The molecule has 0 saturated carbocycles. The molecule has 1 amide bonds. The molecule has 0 aliphatic rings. The minimum atomic E-state index is -1.03. The lowest BCUT2D eigenvalue weighted by Gasteiger charge is -2.11. The molecular formula is C16H16N2O3. The number of rotatable bonds is 3. The first-order valence-electron chi connectivity index (χ1n) is 6.48. The number of benzene rings is 1. The highest BCUT2D eigenvalue weighted by atomic mass is 16.4. The van der Waals surface area contributed by atoms with Gasteiger partial charge in [0, 0.05) is 11.4 Å². The van der Waals surface area contributed by atoms with Gasteiger partial charge in [-0.15, -0.1) is 0 Å². The summed E-state index contributed by atoms with van der Waals surface area (Å²) in [5.74, 6) is -1.33. The molecule has 0 saturated heterocycles. The van der Waals surface area contributed by atoms with Crippen LogP contribution in [0.15, 0.2) is 30.3 Å². The Kier molecular flexibility index (Phi) is 4.03. The number of amides is 1. The molecule has 1 aromatic heterocycles. The Morgan fingerprint density at radius 1 is 1.10 bits per heavy atom. The van der Waals surface area contributed by atoms with Gasteiger partial charge < -0.3 is 10.4 Å². The van der Waals surface area contributed by atoms with Gasteiger partial charge in [0.05, 0.1) is 16.8 Å². The van der Waals surface area contributed by atoms with Crippen LogP contribution in [-0.2, 0) is 0 Å². The van der Waals surface area contributed by atoms with Crippen molar-refractivity contribution in [3.8, 4) is 0 Å². The van der Waals surface area contributed by atoms with Crippen LogP contribution in [0, 0.1) is 20.8 Å². The number of carboxylic acid groups (broad SMARTS) is 1. The minimum absolute atomic E-state index is 0.134. The van der Waals surface area contributed by atoms with E-state index in [9.17, 15) is 9.59 Å². The van der Waals surface area contributed by atoms with E-state index in [-0.39, 0.29) is 11.5 Å². The number of carbonyl (C=O) groups is 2. The van der Waals surface area contributed by atoms with Gasteiger partial charge in [0.15, 0.2) is 0 Å².